The summed E-state index contributed by atoms with van der Waals surface area (Å²) < 4.78 is 27.7. The van der Waals surface area contributed by atoms with Gasteiger partial charge in [-0.2, -0.15) is 0 Å². The maximum absolute atomic E-state index is 12.2. The number of thiophene rings is 1. The molecule has 0 saturated carbocycles. The molecule has 8 heteroatoms. The number of aliphatic carboxylic acids is 1. The van der Waals surface area contributed by atoms with Gasteiger partial charge in [0.2, 0.25) is 10.0 Å². The summed E-state index contributed by atoms with van der Waals surface area (Å²) in [5.74, 6) is -0.978. The Morgan fingerprint density at radius 1 is 1.45 bits per heavy atom. The van der Waals surface area contributed by atoms with Crippen molar-refractivity contribution in [1.29, 1.82) is 0 Å². The summed E-state index contributed by atoms with van der Waals surface area (Å²) in [6.07, 6.45) is 0.737. The predicted octanol–water partition coefficient (Wildman–Crippen LogP) is 2.99. The highest BCUT2D eigenvalue weighted by Gasteiger charge is 2.36. The van der Waals surface area contributed by atoms with Crippen LogP contribution in [0.2, 0.25) is 0 Å². The second kappa shape index (κ2) is 6.55. The Morgan fingerprint density at radius 2 is 2.00 bits per heavy atom. The van der Waals surface area contributed by atoms with E-state index < -0.39 is 21.4 Å². The number of sulfonamides is 1. The number of carbonyl (C=O) groups is 1. The molecule has 0 fully saturated rings. The van der Waals surface area contributed by atoms with Crippen LogP contribution >= 0.6 is 27.3 Å². The Bertz CT molecular complexity index is 591. The van der Waals surface area contributed by atoms with Gasteiger partial charge in [0.15, 0.2) is 0 Å². The second-order valence-electron chi connectivity index (χ2n) is 4.59. The number of aryl methyl sites for hydroxylation is 1. The molecule has 0 radical (unpaired) electrons. The summed E-state index contributed by atoms with van der Waals surface area (Å²) in [7, 11) is -3.69. The Hall–Kier alpha value is -0.440. The number of hydrogen-bond donors (Lipinski definition) is 2. The molecule has 1 rings (SSSR count). The highest BCUT2D eigenvalue weighted by Crippen LogP contribution is 2.31. The predicted molar refractivity (Wildman–Crippen MR) is 82.6 cm³/mol. The molecule has 0 aromatic carbocycles. The molecule has 1 aromatic rings. The Kier molecular flexibility index (Phi) is 5.77. The van der Waals surface area contributed by atoms with Gasteiger partial charge in [0, 0.05) is 11.4 Å². The van der Waals surface area contributed by atoms with Crippen LogP contribution in [0.3, 0.4) is 0 Å². The van der Waals surface area contributed by atoms with Crippen molar-refractivity contribution in [3.63, 3.8) is 0 Å². The van der Waals surface area contributed by atoms with Crippen molar-refractivity contribution in [3.8, 4) is 0 Å². The molecule has 0 amide bonds. The maximum atomic E-state index is 12.2. The summed E-state index contributed by atoms with van der Waals surface area (Å²) >= 11 is 4.58. The third kappa shape index (κ3) is 3.60. The molecular weight excluding hydrogens is 366 g/mol. The minimum atomic E-state index is -3.69. The Balaban J connectivity index is 2.98. The third-order valence-corrected chi connectivity index (χ3v) is 6.75. The number of carboxylic acids is 1. The molecule has 0 unspecified atom stereocenters. The van der Waals surface area contributed by atoms with Crippen molar-refractivity contribution in [2.24, 2.45) is 5.41 Å². The SMILES string of the molecule is CCC(CC)(CNS(=O)(=O)c1cc(Br)sc1C)C(=O)O. The van der Waals surface area contributed by atoms with Gasteiger partial charge in [-0.3, -0.25) is 4.79 Å². The van der Waals surface area contributed by atoms with E-state index in [2.05, 4.69) is 20.7 Å². The van der Waals surface area contributed by atoms with Gasteiger partial charge < -0.3 is 5.11 Å². The van der Waals surface area contributed by atoms with Crippen LogP contribution in [0.25, 0.3) is 0 Å². The molecule has 0 aliphatic heterocycles. The molecule has 0 saturated heterocycles. The van der Waals surface area contributed by atoms with Crippen LogP contribution in [0, 0.1) is 12.3 Å². The molecule has 5 nitrogen and oxygen atoms in total. The van der Waals surface area contributed by atoms with Crippen LogP contribution in [-0.2, 0) is 14.8 Å². The van der Waals surface area contributed by atoms with E-state index in [0.29, 0.717) is 17.7 Å². The van der Waals surface area contributed by atoms with Crippen molar-refractivity contribution in [3.05, 3.63) is 14.7 Å². The zero-order chi connectivity index (χ0) is 15.6. The molecule has 2 N–H and O–H groups in total. The van der Waals surface area contributed by atoms with E-state index in [1.807, 2.05) is 0 Å². The fraction of sp³-hybridized carbons (Fsp3) is 0.583. The lowest BCUT2D eigenvalue weighted by Gasteiger charge is -2.26. The summed E-state index contributed by atoms with van der Waals surface area (Å²) in [5, 5.41) is 9.31. The van der Waals surface area contributed by atoms with E-state index in [-0.39, 0.29) is 11.4 Å². The quantitative estimate of drug-likeness (QED) is 0.757. The van der Waals surface area contributed by atoms with Crippen LogP contribution < -0.4 is 4.72 Å². The molecule has 20 heavy (non-hydrogen) atoms. The van der Waals surface area contributed by atoms with Crippen LogP contribution in [0.15, 0.2) is 14.7 Å². The minimum absolute atomic E-state index is 0.107. The number of halogens is 1. The molecule has 0 aliphatic rings. The largest absolute Gasteiger partial charge is 0.481 e. The minimum Gasteiger partial charge on any atom is -0.481 e. The second-order valence-corrected chi connectivity index (χ2v) is 8.96. The van der Waals surface area contributed by atoms with Crippen molar-refractivity contribution in [1.82, 2.24) is 4.72 Å². The average Bonchev–Trinajstić information content (AvgIpc) is 2.71. The lowest BCUT2D eigenvalue weighted by atomic mass is 9.83. The molecule has 114 valence electrons. The molecule has 0 atom stereocenters. The fourth-order valence-electron chi connectivity index (χ4n) is 1.89. The van der Waals surface area contributed by atoms with E-state index >= 15 is 0 Å². The van der Waals surface area contributed by atoms with Gasteiger partial charge in [-0.25, -0.2) is 13.1 Å². The van der Waals surface area contributed by atoms with Crippen molar-refractivity contribution in [2.45, 2.75) is 38.5 Å². The first-order valence-electron chi connectivity index (χ1n) is 6.17. The molecule has 0 aliphatic carbocycles. The zero-order valence-corrected chi connectivity index (χ0v) is 14.8. The van der Waals surface area contributed by atoms with Gasteiger partial charge >= 0.3 is 5.97 Å². The fourth-order valence-corrected chi connectivity index (χ4v) is 5.43. The summed E-state index contributed by atoms with van der Waals surface area (Å²) in [4.78, 5) is 12.2. The van der Waals surface area contributed by atoms with Crippen LogP contribution in [0.1, 0.15) is 31.6 Å². The van der Waals surface area contributed by atoms with Crippen LogP contribution in [0.4, 0.5) is 0 Å². The van der Waals surface area contributed by atoms with Crippen LogP contribution in [0.5, 0.6) is 0 Å². The van der Waals surface area contributed by atoms with Gasteiger partial charge in [-0.1, -0.05) is 13.8 Å². The Morgan fingerprint density at radius 3 is 2.35 bits per heavy atom. The van der Waals surface area contributed by atoms with Crippen molar-refractivity contribution < 1.29 is 18.3 Å². The first-order chi connectivity index (χ1) is 9.18. The van der Waals surface area contributed by atoms with Gasteiger partial charge in [0.05, 0.1) is 14.1 Å². The van der Waals surface area contributed by atoms with E-state index in [1.54, 1.807) is 20.8 Å². The van der Waals surface area contributed by atoms with Crippen LogP contribution in [-0.4, -0.2) is 26.0 Å². The topological polar surface area (TPSA) is 83.5 Å². The monoisotopic (exact) mass is 383 g/mol. The molecule has 1 aromatic heterocycles. The maximum Gasteiger partial charge on any atom is 0.310 e. The number of hydrogen-bond acceptors (Lipinski definition) is 4. The van der Waals surface area contributed by atoms with E-state index in [0.717, 1.165) is 3.79 Å². The van der Waals surface area contributed by atoms with Gasteiger partial charge in [0.25, 0.3) is 0 Å². The average molecular weight is 384 g/mol. The van der Waals surface area contributed by atoms with Gasteiger partial charge in [-0.15, -0.1) is 11.3 Å². The molecule has 0 bridgehead atoms. The summed E-state index contributed by atoms with van der Waals surface area (Å²) in [6.45, 7) is 5.11. The Labute approximate surface area is 131 Å². The first kappa shape index (κ1) is 17.6. The van der Waals surface area contributed by atoms with Gasteiger partial charge in [0.1, 0.15) is 0 Å². The highest BCUT2D eigenvalue weighted by molar-refractivity contribution is 9.11. The molecule has 0 spiro atoms. The van der Waals surface area contributed by atoms with E-state index in [4.69, 9.17) is 0 Å². The van der Waals surface area contributed by atoms with Gasteiger partial charge in [-0.05, 0) is 41.8 Å². The molecule has 1 heterocycles. The normalized spacial score (nSPS) is 12.6. The number of nitrogens with one attached hydrogen (secondary N) is 1. The highest BCUT2D eigenvalue weighted by atomic mass is 79.9. The smallest absolute Gasteiger partial charge is 0.310 e. The van der Waals surface area contributed by atoms with Crippen molar-refractivity contribution >= 4 is 43.3 Å². The zero-order valence-electron chi connectivity index (χ0n) is 11.6. The van der Waals surface area contributed by atoms with E-state index in [9.17, 15) is 18.3 Å². The molecular formula is C12H18BrNO4S2. The first-order valence-corrected chi connectivity index (χ1v) is 9.26. The van der Waals surface area contributed by atoms with E-state index in [1.165, 1.54) is 17.4 Å². The lowest BCUT2D eigenvalue weighted by Crippen LogP contribution is -2.42. The summed E-state index contributed by atoms with van der Waals surface area (Å²) in [6, 6.07) is 1.53. The standard InChI is InChI=1S/C12H18BrNO4S2/c1-4-12(5-2,11(15)16)7-14-20(17,18)9-6-10(13)19-8(9)3/h6,14H,4-5,7H2,1-3H3,(H,15,16). The number of rotatable bonds is 7. The number of carboxylic acid groups (broad SMARTS) is 1. The third-order valence-electron chi connectivity index (χ3n) is 3.54. The summed E-state index contributed by atoms with van der Waals surface area (Å²) in [5.41, 5.74) is -1.06. The van der Waals surface area contributed by atoms with Crippen molar-refractivity contribution in [2.75, 3.05) is 6.54 Å². The lowest BCUT2D eigenvalue weighted by molar-refractivity contribution is -0.149.